The van der Waals surface area contributed by atoms with Crippen molar-refractivity contribution in [2.75, 3.05) is 49.6 Å². The van der Waals surface area contributed by atoms with Crippen molar-refractivity contribution < 1.29 is 4.74 Å². The van der Waals surface area contributed by atoms with Crippen molar-refractivity contribution in [1.82, 2.24) is 24.8 Å². The average molecular weight is 420 g/mol. The molecule has 0 bridgehead atoms. The van der Waals surface area contributed by atoms with E-state index in [1.165, 1.54) is 4.70 Å². The zero-order chi connectivity index (χ0) is 19.9. The van der Waals surface area contributed by atoms with Crippen molar-refractivity contribution >= 4 is 49.8 Å². The molecule has 3 aromatic heterocycles. The molecule has 0 radical (unpaired) electrons. The molecule has 0 spiro atoms. The lowest BCUT2D eigenvalue weighted by Gasteiger charge is -2.42. The Labute approximate surface area is 177 Å². The summed E-state index contributed by atoms with van der Waals surface area (Å²) in [6, 6.07) is 8.88. The maximum absolute atomic E-state index is 5.34. The van der Waals surface area contributed by atoms with Gasteiger partial charge in [0.15, 0.2) is 0 Å². The molecule has 1 N–H and O–H groups in total. The standard InChI is InChI=1S/C21H21N7OS/c1-2-19-17(25-13-30-19)7-14(1)26-21-16-8-20(22-9-18(16)23-12-24-21)28-5-3-27(4-6-28)15-10-29-11-15/h1-2,7-9,12-13,15H,3-6,10-11H2,(H,23,24,26). The Bertz CT molecular complexity index is 1200. The Morgan fingerprint density at radius 1 is 0.967 bits per heavy atom. The van der Waals surface area contributed by atoms with Gasteiger partial charge in [-0.2, -0.15) is 0 Å². The van der Waals surface area contributed by atoms with Crippen LogP contribution in [0.2, 0.25) is 0 Å². The molecule has 8 nitrogen and oxygen atoms in total. The number of thiazole rings is 1. The summed E-state index contributed by atoms with van der Waals surface area (Å²) in [7, 11) is 0. The molecular weight excluding hydrogens is 398 g/mol. The van der Waals surface area contributed by atoms with Gasteiger partial charge < -0.3 is 15.0 Å². The maximum Gasteiger partial charge on any atom is 0.141 e. The van der Waals surface area contributed by atoms with Crippen LogP contribution >= 0.6 is 11.3 Å². The van der Waals surface area contributed by atoms with E-state index in [9.17, 15) is 0 Å². The third kappa shape index (κ3) is 3.24. The Hall–Kier alpha value is -2.88. The van der Waals surface area contributed by atoms with Gasteiger partial charge in [-0.1, -0.05) is 0 Å². The van der Waals surface area contributed by atoms with Crippen molar-refractivity contribution in [1.29, 1.82) is 0 Å². The van der Waals surface area contributed by atoms with Crippen molar-refractivity contribution in [3.63, 3.8) is 0 Å². The summed E-state index contributed by atoms with van der Waals surface area (Å²) in [5, 5.41) is 4.41. The van der Waals surface area contributed by atoms with E-state index < -0.39 is 0 Å². The smallest absolute Gasteiger partial charge is 0.141 e. The van der Waals surface area contributed by atoms with Gasteiger partial charge in [0, 0.05) is 37.3 Å². The van der Waals surface area contributed by atoms with E-state index in [2.05, 4.69) is 53.3 Å². The highest BCUT2D eigenvalue weighted by molar-refractivity contribution is 7.16. The van der Waals surface area contributed by atoms with E-state index in [1.807, 2.05) is 17.8 Å². The van der Waals surface area contributed by atoms with Gasteiger partial charge in [0.2, 0.25) is 0 Å². The summed E-state index contributed by atoms with van der Waals surface area (Å²) in [5.74, 6) is 1.75. The first-order valence-corrected chi connectivity index (χ1v) is 11.0. The molecule has 2 fully saturated rings. The zero-order valence-electron chi connectivity index (χ0n) is 16.4. The van der Waals surface area contributed by atoms with Gasteiger partial charge >= 0.3 is 0 Å². The summed E-state index contributed by atoms with van der Waals surface area (Å²) in [6.07, 6.45) is 3.42. The highest BCUT2D eigenvalue weighted by Crippen LogP contribution is 2.28. The Morgan fingerprint density at radius 3 is 2.70 bits per heavy atom. The second-order valence-electron chi connectivity index (χ2n) is 7.66. The monoisotopic (exact) mass is 419 g/mol. The van der Waals surface area contributed by atoms with Crippen LogP contribution in [0.3, 0.4) is 0 Å². The number of nitrogens with zero attached hydrogens (tertiary/aromatic N) is 6. The Morgan fingerprint density at radius 2 is 1.87 bits per heavy atom. The zero-order valence-corrected chi connectivity index (χ0v) is 17.2. The topological polar surface area (TPSA) is 79.3 Å². The second-order valence-corrected chi connectivity index (χ2v) is 8.54. The van der Waals surface area contributed by atoms with Gasteiger partial charge in [-0.15, -0.1) is 11.3 Å². The predicted octanol–water partition coefficient (Wildman–Crippen LogP) is 2.90. The number of aromatic nitrogens is 4. The van der Waals surface area contributed by atoms with E-state index in [4.69, 9.17) is 4.74 Å². The predicted molar refractivity (Wildman–Crippen MR) is 119 cm³/mol. The number of hydrogen-bond donors (Lipinski definition) is 1. The second kappa shape index (κ2) is 7.42. The highest BCUT2D eigenvalue weighted by Gasteiger charge is 2.29. The fourth-order valence-electron chi connectivity index (χ4n) is 4.04. The highest BCUT2D eigenvalue weighted by atomic mass is 32.1. The summed E-state index contributed by atoms with van der Waals surface area (Å²) >= 11 is 1.64. The molecule has 0 atom stereocenters. The van der Waals surface area contributed by atoms with E-state index in [1.54, 1.807) is 17.7 Å². The largest absolute Gasteiger partial charge is 0.378 e. The van der Waals surface area contributed by atoms with Crippen molar-refractivity contribution in [2.45, 2.75) is 6.04 Å². The maximum atomic E-state index is 5.34. The minimum Gasteiger partial charge on any atom is -0.378 e. The third-order valence-electron chi connectivity index (χ3n) is 5.88. The number of ether oxygens (including phenoxy) is 1. The molecule has 0 saturated carbocycles. The Balaban J connectivity index is 1.27. The molecule has 2 aliphatic rings. The molecule has 5 heterocycles. The van der Waals surface area contributed by atoms with Crippen molar-refractivity contribution in [3.8, 4) is 0 Å². The molecule has 152 valence electrons. The molecule has 0 aliphatic carbocycles. The SMILES string of the molecule is c1nc(Nc2ccc3scnc3c2)c2cc(N3CCN(C4COC4)CC3)ncc2n1. The van der Waals surface area contributed by atoms with Crippen LogP contribution in [0.25, 0.3) is 21.1 Å². The van der Waals surface area contributed by atoms with Crippen molar-refractivity contribution in [2.24, 2.45) is 0 Å². The van der Waals surface area contributed by atoms with Gasteiger partial charge in [0.25, 0.3) is 0 Å². The third-order valence-corrected chi connectivity index (χ3v) is 6.69. The van der Waals surface area contributed by atoms with Gasteiger partial charge in [-0.25, -0.2) is 19.9 Å². The van der Waals surface area contributed by atoms with Crippen LogP contribution in [0, 0.1) is 0 Å². The van der Waals surface area contributed by atoms with Crippen LogP contribution in [0.5, 0.6) is 0 Å². The van der Waals surface area contributed by atoms with Crippen LogP contribution in [0.4, 0.5) is 17.3 Å². The fraction of sp³-hybridized carbons (Fsp3) is 0.333. The number of rotatable bonds is 4. The first-order chi connectivity index (χ1) is 14.8. The van der Waals surface area contributed by atoms with Gasteiger partial charge in [0.05, 0.1) is 46.7 Å². The molecule has 6 rings (SSSR count). The Kier molecular flexibility index (Phi) is 4.44. The number of anilines is 3. The molecule has 4 aromatic rings. The van der Waals surface area contributed by atoms with Crippen molar-refractivity contribution in [3.05, 3.63) is 42.3 Å². The summed E-state index contributed by atoms with van der Waals surface area (Å²) in [5.41, 5.74) is 4.64. The molecule has 1 aromatic carbocycles. The van der Waals surface area contributed by atoms with Crippen LogP contribution in [0.1, 0.15) is 0 Å². The number of hydrogen-bond acceptors (Lipinski definition) is 9. The van der Waals surface area contributed by atoms with Crippen LogP contribution in [0.15, 0.2) is 42.3 Å². The van der Waals surface area contributed by atoms with E-state index in [0.717, 1.165) is 73.1 Å². The quantitative estimate of drug-likeness (QED) is 0.541. The minimum absolute atomic E-state index is 0.593. The normalized spacial score (nSPS) is 18.1. The van der Waals surface area contributed by atoms with E-state index in [-0.39, 0.29) is 0 Å². The fourth-order valence-corrected chi connectivity index (χ4v) is 4.70. The lowest BCUT2D eigenvalue weighted by Crippen LogP contribution is -2.56. The number of nitrogens with one attached hydrogen (secondary N) is 1. The molecule has 2 saturated heterocycles. The minimum atomic E-state index is 0.593. The molecular formula is C21H21N7OS. The van der Waals surface area contributed by atoms with E-state index >= 15 is 0 Å². The number of benzene rings is 1. The van der Waals surface area contributed by atoms with Crippen LogP contribution in [-0.4, -0.2) is 70.3 Å². The molecule has 0 unspecified atom stereocenters. The average Bonchev–Trinajstić information content (AvgIpc) is 3.21. The molecule has 30 heavy (non-hydrogen) atoms. The van der Waals surface area contributed by atoms with E-state index in [0.29, 0.717) is 6.04 Å². The number of piperazine rings is 1. The summed E-state index contributed by atoms with van der Waals surface area (Å²) in [4.78, 5) is 22.8. The first kappa shape index (κ1) is 17.9. The lowest BCUT2D eigenvalue weighted by atomic mass is 10.2. The number of fused-ring (bicyclic) bond motifs is 2. The van der Waals surface area contributed by atoms with Gasteiger partial charge in [-0.05, 0) is 24.3 Å². The van der Waals surface area contributed by atoms with Crippen LogP contribution in [-0.2, 0) is 4.74 Å². The number of pyridine rings is 1. The van der Waals surface area contributed by atoms with Gasteiger partial charge in [0.1, 0.15) is 18.0 Å². The summed E-state index contributed by atoms with van der Waals surface area (Å²) < 4.78 is 6.51. The first-order valence-electron chi connectivity index (χ1n) is 10.1. The lowest BCUT2D eigenvalue weighted by molar-refractivity contribution is -0.0660. The van der Waals surface area contributed by atoms with Gasteiger partial charge in [-0.3, -0.25) is 4.90 Å². The van der Waals surface area contributed by atoms with Crippen LogP contribution < -0.4 is 10.2 Å². The summed E-state index contributed by atoms with van der Waals surface area (Å²) in [6.45, 7) is 5.74. The molecule has 9 heteroatoms. The molecule has 2 aliphatic heterocycles. The molecule has 0 amide bonds.